The lowest BCUT2D eigenvalue weighted by Gasteiger charge is -2.15. The third-order valence-corrected chi connectivity index (χ3v) is 2.94. The van der Waals surface area contributed by atoms with E-state index in [1.54, 1.807) is 24.3 Å². The molecular weight excluding hydrogens is 289 g/mol. The molecule has 2 rings (SSSR count). The first kappa shape index (κ1) is 15.5. The third kappa shape index (κ3) is 4.05. The molecule has 0 spiro atoms. The SMILES string of the molecule is O=C(N[C@@H](C(=O)O)c1ccccc1F)OCc1ccccc1. The monoisotopic (exact) mass is 303 g/mol. The molecule has 6 heteroatoms. The topological polar surface area (TPSA) is 75.6 Å². The number of hydrogen-bond donors (Lipinski definition) is 2. The molecule has 1 amide bonds. The van der Waals surface area contributed by atoms with Gasteiger partial charge in [0.2, 0.25) is 0 Å². The van der Waals surface area contributed by atoms with Crippen molar-refractivity contribution in [3.8, 4) is 0 Å². The number of hydrogen-bond acceptors (Lipinski definition) is 3. The Balaban J connectivity index is 2.01. The Bertz CT molecular complexity index is 660. The number of rotatable bonds is 5. The molecular formula is C16H14FNO4. The van der Waals surface area contributed by atoms with Gasteiger partial charge in [0, 0.05) is 5.56 Å². The van der Waals surface area contributed by atoms with Crippen molar-refractivity contribution in [1.29, 1.82) is 0 Å². The zero-order valence-corrected chi connectivity index (χ0v) is 11.5. The van der Waals surface area contributed by atoms with Gasteiger partial charge in [-0.2, -0.15) is 0 Å². The first-order chi connectivity index (χ1) is 10.6. The maximum absolute atomic E-state index is 13.6. The minimum atomic E-state index is -1.51. The van der Waals surface area contributed by atoms with Crippen LogP contribution in [0, 0.1) is 5.82 Å². The summed E-state index contributed by atoms with van der Waals surface area (Å²) in [5.74, 6) is -2.08. The second kappa shape index (κ2) is 7.21. The molecule has 1 atom stereocenters. The molecule has 2 aromatic rings. The number of nitrogens with one attached hydrogen (secondary N) is 1. The van der Waals surface area contributed by atoms with Crippen LogP contribution in [0.2, 0.25) is 0 Å². The lowest BCUT2D eigenvalue weighted by molar-refractivity contribution is -0.139. The van der Waals surface area contributed by atoms with Gasteiger partial charge in [-0.15, -0.1) is 0 Å². The summed E-state index contributed by atoms with van der Waals surface area (Å²) in [7, 11) is 0. The van der Waals surface area contributed by atoms with E-state index in [0.717, 1.165) is 11.6 Å². The molecule has 0 aliphatic rings. The molecule has 0 bridgehead atoms. The van der Waals surface area contributed by atoms with E-state index in [2.05, 4.69) is 5.32 Å². The molecule has 0 saturated carbocycles. The highest BCUT2D eigenvalue weighted by molar-refractivity contribution is 5.81. The number of amides is 1. The summed E-state index contributed by atoms with van der Waals surface area (Å²) in [6, 6.07) is 12.8. The number of carboxylic acids is 1. The highest BCUT2D eigenvalue weighted by atomic mass is 19.1. The van der Waals surface area contributed by atoms with Gasteiger partial charge in [0.15, 0.2) is 6.04 Å². The normalized spacial score (nSPS) is 11.5. The van der Waals surface area contributed by atoms with Crippen molar-refractivity contribution in [2.45, 2.75) is 12.6 Å². The van der Waals surface area contributed by atoms with Crippen molar-refractivity contribution < 1.29 is 23.8 Å². The maximum atomic E-state index is 13.6. The molecule has 0 aliphatic heterocycles. The van der Waals surface area contributed by atoms with Crippen LogP contribution in [-0.2, 0) is 16.1 Å². The van der Waals surface area contributed by atoms with E-state index in [4.69, 9.17) is 9.84 Å². The van der Waals surface area contributed by atoms with E-state index in [0.29, 0.717) is 0 Å². The summed E-state index contributed by atoms with van der Waals surface area (Å²) in [5.41, 5.74) is 0.627. The fourth-order valence-electron chi connectivity index (χ4n) is 1.86. The van der Waals surface area contributed by atoms with E-state index in [1.807, 2.05) is 6.07 Å². The maximum Gasteiger partial charge on any atom is 0.408 e. The number of benzene rings is 2. The molecule has 0 aromatic heterocycles. The van der Waals surface area contributed by atoms with Gasteiger partial charge in [-0.3, -0.25) is 0 Å². The number of carboxylic acid groups (broad SMARTS) is 1. The van der Waals surface area contributed by atoms with Gasteiger partial charge in [-0.25, -0.2) is 14.0 Å². The van der Waals surface area contributed by atoms with Crippen LogP contribution in [0.1, 0.15) is 17.2 Å². The number of alkyl carbamates (subject to hydrolysis) is 1. The summed E-state index contributed by atoms with van der Waals surface area (Å²) in [6.07, 6.45) is -0.931. The van der Waals surface area contributed by atoms with Crippen LogP contribution in [0.5, 0.6) is 0 Å². The van der Waals surface area contributed by atoms with Gasteiger partial charge in [-0.1, -0.05) is 48.5 Å². The third-order valence-electron chi connectivity index (χ3n) is 2.94. The lowest BCUT2D eigenvalue weighted by atomic mass is 10.1. The predicted molar refractivity (Wildman–Crippen MR) is 76.5 cm³/mol. The van der Waals surface area contributed by atoms with Gasteiger partial charge in [0.05, 0.1) is 0 Å². The zero-order valence-electron chi connectivity index (χ0n) is 11.5. The number of carbonyl (C=O) groups excluding carboxylic acids is 1. The molecule has 0 radical (unpaired) electrons. The first-order valence-corrected chi connectivity index (χ1v) is 6.52. The van der Waals surface area contributed by atoms with Crippen molar-refractivity contribution in [3.05, 3.63) is 71.5 Å². The molecule has 0 aliphatic carbocycles. The fourth-order valence-corrected chi connectivity index (χ4v) is 1.86. The van der Waals surface area contributed by atoms with E-state index < -0.39 is 23.9 Å². The molecule has 0 heterocycles. The summed E-state index contributed by atoms with van der Waals surface area (Å²) in [6.45, 7) is -0.00369. The van der Waals surface area contributed by atoms with Gasteiger partial charge in [-0.05, 0) is 11.6 Å². The molecule has 0 saturated heterocycles. The fraction of sp³-hybridized carbons (Fsp3) is 0.125. The highest BCUT2D eigenvalue weighted by Crippen LogP contribution is 2.17. The van der Waals surface area contributed by atoms with Crippen molar-refractivity contribution in [1.82, 2.24) is 5.32 Å². The Morgan fingerprint density at radius 2 is 1.73 bits per heavy atom. The lowest BCUT2D eigenvalue weighted by Crippen LogP contribution is -2.34. The predicted octanol–water partition coefficient (Wildman–Crippen LogP) is 2.88. The molecule has 0 fully saturated rings. The molecule has 0 unspecified atom stereocenters. The first-order valence-electron chi connectivity index (χ1n) is 6.52. The van der Waals surface area contributed by atoms with Crippen LogP contribution >= 0.6 is 0 Å². The Hall–Kier alpha value is -2.89. The van der Waals surface area contributed by atoms with Crippen LogP contribution in [0.3, 0.4) is 0 Å². The molecule has 5 nitrogen and oxygen atoms in total. The molecule has 22 heavy (non-hydrogen) atoms. The van der Waals surface area contributed by atoms with Gasteiger partial charge < -0.3 is 15.2 Å². The summed E-state index contributed by atoms with van der Waals surface area (Å²) >= 11 is 0. The average Bonchev–Trinajstić information content (AvgIpc) is 2.52. The second-order valence-electron chi connectivity index (χ2n) is 4.50. The van der Waals surface area contributed by atoms with Crippen molar-refractivity contribution >= 4 is 12.1 Å². The van der Waals surface area contributed by atoms with Crippen molar-refractivity contribution in [2.75, 3.05) is 0 Å². The Morgan fingerprint density at radius 3 is 2.36 bits per heavy atom. The number of halogens is 1. The van der Waals surface area contributed by atoms with E-state index in [-0.39, 0.29) is 12.2 Å². The van der Waals surface area contributed by atoms with Gasteiger partial charge >= 0.3 is 12.1 Å². The van der Waals surface area contributed by atoms with Crippen LogP contribution < -0.4 is 5.32 Å². The highest BCUT2D eigenvalue weighted by Gasteiger charge is 2.25. The van der Waals surface area contributed by atoms with Gasteiger partial charge in [0.1, 0.15) is 12.4 Å². The van der Waals surface area contributed by atoms with Crippen LogP contribution in [0.25, 0.3) is 0 Å². The largest absolute Gasteiger partial charge is 0.479 e. The Labute approximate surface area is 126 Å². The molecule has 2 N–H and O–H groups in total. The summed E-state index contributed by atoms with van der Waals surface area (Å²) in [4.78, 5) is 22.9. The Morgan fingerprint density at radius 1 is 1.09 bits per heavy atom. The van der Waals surface area contributed by atoms with Gasteiger partial charge in [0.25, 0.3) is 0 Å². The van der Waals surface area contributed by atoms with Crippen LogP contribution in [-0.4, -0.2) is 17.2 Å². The smallest absolute Gasteiger partial charge is 0.408 e. The number of aliphatic carboxylic acids is 1. The van der Waals surface area contributed by atoms with E-state index in [1.165, 1.54) is 18.2 Å². The number of carbonyl (C=O) groups is 2. The van der Waals surface area contributed by atoms with Crippen LogP contribution in [0.15, 0.2) is 54.6 Å². The molecule has 2 aromatic carbocycles. The van der Waals surface area contributed by atoms with Crippen molar-refractivity contribution in [3.63, 3.8) is 0 Å². The second-order valence-corrected chi connectivity index (χ2v) is 4.50. The number of ether oxygens (including phenoxy) is 1. The van der Waals surface area contributed by atoms with Crippen molar-refractivity contribution in [2.24, 2.45) is 0 Å². The standard InChI is InChI=1S/C16H14FNO4/c17-13-9-5-4-8-12(13)14(15(19)20)18-16(21)22-10-11-6-2-1-3-7-11/h1-9,14H,10H2,(H,18,21)(H,19,20)/t14-/m1/s1. The Kier molecular flexibility index (Phi) is 5.08. The summed E-state index contributed by atoms with van der Waals surface area (Å²) < 4.78 is 18.6. The van der Waals surface area contributed by atoms with E-state index in [9.17, 15) is 14.0 Å². The minimum Gasteiger partial charge on any atom is -0.479 e. The van der Waals surface area contributed by atoms with E-state index >= 15 is 0 Å². The minimum absolute atomic E-state index is 0.00369. The quantitative estimate of drug-likeness (QED) is 0.890. The zero-order chi connectivity index (χ0) is 15.9. The average molecular weight is 303 g/mol. The summed E-state index contributed by atoms with van der Waals surface area (Å²) in [5, 5.41) is 11.3. The molecule has 114 valence electrons. The van der Waals surface area contributed by atoms with Crippen LogP contribution in [0.4, 0.5) is 9.18 Å².